The standard InChI is InChI=1S/C22H27N3O3S2/c1-5-24(6-2)20(26)18-14(3)17(21(27)28-4)19(30-18)23-22(29)25-12-11-15-9-7-8-10-16(15)13-25/h7-10H,5-6,11-13H2,1-4H3,(H,23,29). The van der Waals surface area contributed by atoms with Crippen LogP contribution in [0.2, 0.25) is 0 Å². The van der Waals surface area contributed by atoms with Crippen molar-refractivity contribution in [3.8, 4) is 0 Å². The molecule has 1 aromatic heterocycles. The van der Waals surface area contributed by atoms with Gasteiger partial charge in [-0.3, -0.25) is 4.79 Å². The Kier molecular flexibility index (Phi) is 7.10. The number of esters is 1. The van der Waals surface area contributed by atoms with Crippen LogP contribution >= 0.6 is 23.6 Å². The summed E-state index contributed by atoms with van der Waals surface area (Å²) in [6, 6.07) is 8.34. The van der Waals surface area contributed by atoms with Crippen molar-refractivity contribution >= 4 is 45.5 Å². The summed E-state index contributed by atoms with van der Waals surface area (Å²) < 4.78 is 4.98. The van der Waals surface area contributed by atoms with Gasteiger partial charge in [0.1, 0.15) is 5.00 Å². The molecule has 1 amide bonds. The fraction of sp³-hybridized carbons (Fsp3) is 0.409. The summed E-state index contributed by atoms with van der Waals surface area (Å²) in [6.07, 6.45) is 0.914. The molecule has 0 saturated carbocycles. The van der Waals surface area contributed by atoms with E-state index in [0.717, 1.165) is 13.0 Å². The Labute approximate surface area is 186 Å². The molecule has 2 heterocycles. The average molecular weight is 446 g/mol. The van der Waals surface area contributed by atoms with Crippen LogP contribution in [0, 0.1) is 6.92 Å². The fourth-order valence-corrected chi connectivity index (χ4v) is 5.14. The molecule has 0 radical (unpaired) electrons. The number of anilines is 1. The van der Waals surface area contributed by atoms with Gasteiger partial charge in [-0.25, -0.2) is 4.79 Å². The van der Waals surface area contributed by atoms with E-state index in [1.807, 2.05) is 19.9 Å². The zero-order chi connectivity index (χ0) is 21.8. The smallest absolute Gasteiger partial charge is 0.341 e. The zero-order valence-corrected chi connectivity index (χ0v) is 19.4. The number of benzene rings is 1. The number of hydrogen-bond donors (Lipinski definition) is 1. The van der Waals surface area contributed by atoms with E-state index in [1.165, 1.54) is 29.6 Å². The van der Waals surface area contributed by atoms with E-state index >= 15 is 0 Å². The van der Waals surface area contributed by atoms with E-state index in [-0.39, 0.29) is 5.91 Å². The van der Waals surface area contributed by atoms with Crippen LogP contribution in [0.5, 0.6) is 0 Å². The predicted octanol–water partition coefficient (Wildman–Crippen LogP) is 4.08. The lowest BCUT2D eigenvalue weighted by molar-refractivity contribution is 0.0601. The highest BCUT2D eigenvalue weighted by Gasteiger charge is 2.28. The van der Waals surface area contributed by atoms with Crippen molar-refractivity contribution < 1.29 is 14.3 Å². The number of hydrogen-bond acceptors (Lipinski definition) is 5. The molecule has 0 unspecified atom stereocenters. The van der Waals surface area contributed by atoms with Crippen molar-refractivity contribution in [1.82, 2.24) is 9.80 Å². The number of thiocarbonyl (C=S) groups is 1. The molecule has 2 aromatic rings. The Morgan fingerprint density at radius 3 is 2.53 bits per heavy atom. The number of amides is 1. The molecule has 0 aliphatic carbocycles. The molecule has 1 aliphatic rings. The average Bonchev–Trinajstić information content (AvgIpc) is 3.09. The Morgan fingerprint density at radius 1 is 1.23 bits per heavy atom. The van der Waals surface area contributed by atoms with E-state index in [9.17, 15) is 9.59 Å². The van der Waals surface area contributed by atoms with Crippen LogP contribution < -0.4 is 5.32 Å². The summed E-state index contributed by atoms with van der Waals surface area (Å²) in [5.74, 6) is -0.560. The van der Waals surface area contributed by atoms with Crippen LogP contribution in [0.3, 0.4) is 0 Å². The van der Waals surface area contributed by atoms with Gasteiger partial charge in [0.15, 0.2) is 5.11 Å². The highest BCUT2D eigenvalue weighted by Crippen LogP contribution is 2.35. The van der Waals surface area contributed by atoms with E-state index in [2.05, 4.69) is 28.4 Å². The minimum absolute atomic E-state index is 0.0847. The van der Waals surface area contributed by atoms with Crippen LogP contribution in [-0.2, 0) is 17.7 Å². The number of thiophene rings is 1. The number of methoxy groups -OCH3 is 1. The SMILES string of the molecule is CCN(CC)C(=O)c1sc(NC(=S)N2CCc3ccccc3C2)c(C(=O)OC)c1C. The first kappa shape index (κ1) is 22.2. The van der Waals surface area contributed by atoms with E-state index in [0.29, 0.717) is 45.8 Å². The summed E-state index contributed by atoms with van der Waals surface area (Å²) in [7, 11) is 1.34. The highest BCUT2D eigenvalue weighted by molar-refractivity contribution is 7.80. The Hall–Kier alpha value is -2.45. The normalized spacial score (nSPS) is 12.9. The first-order valence-electron chi connectivity index (χ1n) is 10.0. The second kappa shape index (κ2) is 9.57. The number of ether oxygens (including phenoxy) is 1. The molecule has 0 bridgehead atoms. The van der Waals surface area contributed by atoms with Gasteiger partial charge >= 0.3 is 5.97 Å². The van der Waals surface area contributed by atoms with Crippen LogP contribution in [0.1, 0.15) is 50.6 Å². The molecule has 1 aromatic carbocycles. The quantitative estimate of drug-likeness (QED) is 0.553. The van der Waals surface area contributed by atoms with Crippen LogP contribution in [-0.4, -0.2) is 53.5 Å². The molecule has 6 nitrogen and oxygen atoms in total. The van der Waals surface area contributed by atoms with Gasteiger partial charge in [-0.15, -0.1) is 11.3 Å². The molecular weight excluding hydrogens is 418 g/mol. The molecule has 0 spiro atoms. The molecule has 1 N–H and O–H groups in total. The molecule has 30 heavy (non-hydrogen) atoms. The summed E-state index contributed by atoms with van der Waals surface area (Å²) in [5.41, 5.74) is 3.59. The van der Waals surface area contributed by atoms with Gasteiger partial charge in [-0.05, 0) is 56.1 Å². The van der Waals surface area contributed by atoms with Crippen LogP contribution in [0.4, 0.5) is 5.00 Å². The summed E-state index contributed by atoms with van der Waals surface area (Å²) in [4.78, 5) is 29.8. The monoisotopic (exact) mass is 445 g/mol. The Morgan fingerprint density at radius 2 is 1.90 bits per heavy atom. The number of fused-ring (bicyclic) bond motifs is 1. The summed E-state index contributed by atoms with van der Waals surface area (Å²) in [6.45, 7) is 8.38. The van der Waals surface area contributed by atoms with Gasteiger partial charge in [-0.1, -0.05) is 24.3 Å². The molecule has 0 atom stereocenters. The topological polar surface area (TPSA) is 61.9 Å². The predicted molar refractivity (Wildman–Crippen MR) is 124 cm³/mol. The number of nitrogens with zero attached hydrogens (tertiary/aromatic N) is 2. The van der Waals surface area contributed by atoms with Crippen LogP contribution in [0.15, 0.2) is 24.3 Å². The van der Waals surface area contributed by atoms with Crippen molar-refractivity contribution in [1.29, 1.82) is 0 Å². The molecule has 3 rings (SSSR count). The molecule has 8 heteroatoms. The number of carbonyl (C=O) groups excluding carboxylic acids is 2. The zero-order valence-electron chi connectivity index (χ0n) is 17.8. The summed E-state index contributed by atoms with van der Waals surface area (Å²) in [5, 5.41) is 4.32. The molecule has 0 fully saturated rings. The van der Waals surface area contributed by atoms with Gasteiger partial charge in [0.2, 0.25) is 0 Å². The van der Waals surface area contributed by atoms with Crippen molar-refractivity contribution in [2.45, 2.75) is 33.7 Å². The minimum Gasteiger partial charge on any atom is -0.465 e. The lowest BCUT2D eigenvalue weighted by atomic mass is 10.0. The molecular formula is C22H27N3O3S2. The maximum absolute atomic E-state index is 12.9. The van der Waals surface area contributed by atoms with Gasteiger partial charge in [-0.2, -0.15) is 0 Å². The first-order chi connectivity index (χ1) is 14.4. The number of nitrogens with one attached hydrogen (secondary N) is 1. The lowest BCUT2D eigenvalue weighted by Gasteiger charge is -2.31. The lowest BCUT2D eigenvalue weighted by Crippen LogP contribution is -2.38. The van der Waals surface area contributed by atoms with Crippen molar-refractivity contribution in [2.75, 3.05) is 32.1 Å². The fourth-order valence-electron chi connectivity index (χ4n) is 3.65. The van der Waals surface area contributed by atoms with Gasteiger partial charge in [0.05, 0.1) is 17.6 Å². The van der Waals surface area contributed by atoms with Crippen molar-refractivity contribution in [3.05, 3.63) is 51.4 Å². The van der Waals surface area contributed by atoms with Crippen molar-refractivity contribution in [2.24, 2.45) is 0 Å². The second-order valence-corrected chi connectivity index (χ2v) is 8.51. The molecule has 0 saturated heterocycles. The van der Waals surface area contributed by atoms with E-state index in [4.69, 9.17) is 17.0 Å². The largest absolute Gasteiger partial charge is 0.465 e. The maximum Gasteiger partial charge on any atom is 0.341 e. The first-order valence-corrected chi connectivity index (χ1v) is 11.3. The maximum atomic E-state index is 12.9. The van der Waals surface area contributed by atoms with E-state index < -0.39 is 5.97 Å². The van der Waals surface area contributed by atoms with E-state index in [1.54, 1.807) is 11.8 Å². The molecule has 160 valence electrons. The van der Waals surface area contributed by atoms with Gasteiger partial charge < -0.3 is 19.9 Å². The summed E-state index contributed by atoms with van der Waals surface area (Å²) >= 11 is 6.91. The molecule has 1 aliphatic heterocycles. The van der Waals surface area contributed by atoms with Gasteiger partial charge in [0, 0.05) is 26.2 Å². The number of carbonyl (C=O) groups is 2. The van der Waals surface area contributed by atoms with Crippen LogP contribution in [0.25, 0.3) is 0 Å². The third-order valence-corrected chi connectivity index (χ3v) is 6.98. The highest BCUT2D eigenvalue weighted by atomic mass is 32.1. The Balaban J connectivity index is 1.87. The van der Waals surface area contributed by atoms with Gasteiger partial charge in [0.25, 0.3) is 5.91 Å². The minimum atomic E-state index is -0.475. The Bertz CT molecular complexity index is 967. The third kappa shape index (κ3) is 4.34. The third-order valence-electron chi connectivity index (χ3n) is 5.42. The second-order valence-electron chi connectivity index (χ2n) is 7.10. The van der Waals surface area contributed by atoms with Crippen molar-refractivity contribution in [3.63, 3.8) is 0 Å². The number of rotatable bonds is 5.